The first-order valence-corrected chi connectivity index (χ1v) is 13.5. The number of hydrogen-bond acceptors (Lipinski definition) is 7. The van der Waals surface area contributed by atoms with Crippen molar-refractivity contribution in [1.29, 1.82) is 0 Å². The highest BCUT2D eigenvalue weighted by molar-refractivity contribution is 7.91. The van der Waals surface area contributed by atoms with Crippen molar-refractivity contribution < 1.29 is 32.3 Å². The van der Waals surface area contributed by atoms with Crippen LogP contribution in [0.2, 0.25) is 0 Å². The molecule has 3 aliphatic rings. The summed E-state index contributed by atoms with van der Waals surface area (Å²) in [4.78, 5) is 53.1. The van der Waals surface area contributed by atoms with Crippen LogP contribution in [0.25, 0.3) is 0 Å². The average molecular weight is 525 g/mol. The third-order valence-corrected chi connectivity index (χ3v) is 8.38. The van der Waals surface area contributed by atoms with E-state index in [9.17, 15) is 27.6 Å². The Morgan fingerprint density at radius 1 is 1.14 bits per heavy atom. The largest absolute Gasteiger partial charge is 0.444 e. The second-order valence-corrected chi connectivity index (χ2v) is 13.1. The molecule has 36 heavy (non-hydrogen) atoms. The summed E-state index contributed by atoms with van der Waals surface area (Å²) in [5.41, 5.74) is -2.69. The van der Waals surface area contributed by atoms with Gasteiger partial charge in [-0.3, -0.25) is 19.1 Å². The lowest BCUT2D eigenvalue weighted by Gasteiger charge is -2.29. The molecule has 1 saturated heterocycles. The van der Waals surface area contributed by atoms with Gasteiger partial charge in [0.05, 0.1) is 5.25 Å². The van der Waals surface area contributed by atoms with E-state index in [1.807, 2.05) is 6.92 Å². The van der Waals surface area contributed by atoms with Crippen LogP contribution in [0.1, 0.15) is 59.8 Å². The van der Waals surface area contributed by atoms with Gasteiger partial charge in [-0.25, -0.2) is 13.2 Å². The van der Waals surface area contributed by atoms with Crippen LogP contribution in [0.3, 0.4) is 0 Å². The van der Waals surface area contributed by atoms with Crippen molar-refractivity contribution in [3.8, 4) is 0 Å². The number of alkyl carbamates (subject to hydrolysis) is 1. The van der Waals surface area contributed by atoms with Crippen molar-refractivity contribution in [3.05, 3.63) is 25.3 Å². The topological polar surface area (TPSA) is 151 Å². The summed E-state index contributed by atoms with van der Waals surface area (Å²) in [6.45, 7) is 14.5. The fourth-order valence-electron chi connectivity index (χ4n) is 4.11. The van der Waals surface area contributed by atoms with E-state index in [-0.39, 0.29) is 13.0 Å². The molecular weight excluding hydrogens is 488 g/mol. The minimum absolute atomic E-state index is 0.156. The highest BCUT2D eigenvalue weighted by atomic mass is 32.2. The van der Waals surface area contributed by atoms with E-state index < -0.39 is 67.7 Å². The molecule has 11 nitrogen and oxygen atoms in total. The highest BCUT2D eigenvalue weighted by Crippen LogP contribution is 2.40. The molecule has 3 N–H and O–H groups in total. The smallest absolute Gasteiger partial charge is 0.408 e. The molecule has 1 aliphatic heterocycles. The van der Waals surface area contributed by atoms with Crippen molar-refractivity contribution >= 4 is 33.8 Å². The predicted molar refractivity (Wildman–Crippen MR) is 132 cm³/mol. The molecule has 0 spiro atoms. The first-order chi connectivity index (χ1) is 16.5. The molecule has 0 aromatic heterocycles. The van der Waals surface area contributed by atoms with E-state index >= 15 is 0 Å². The van der Waals surface area contributed by atoms with Gasteiger partial charge in [0.1, 0.15) is 23.2 Å². The Bertz CT molecular complexity index is 1070. The minimum Gasteiger partial charge on any atom is -0.444 e. The number of sulfonamides is 1. The maximum Gasteiger partial charge on any atom is 0.408 e. The van der Waals surface area contributed by atoms with Crippen LogP contribution in [-0.4, -0.2) is 72.2 Å². The number of hydrogen-bond donors (Lipinski definition) is 3. The van der Waals surface area contributed by atoms with Crippen LogP contribution in [0.5, 0.6) is 0 Å². The molecule has 2 unspecified atom stereocenters. The first kappa shape index (κ1) is 27.7. The van der Waals surface area contributed by atoms with E-state index in [0.717, 1.165) is 0 Å². The Morgan fingerprint density at radius 2 is 1.75 bits per heavy atom. The Morgan fingerprint density at radius 3 is 2.22 bits per heavy atom. The number of amides is 4. The maximum atomic E-state index is 13.4. The second kappa shape index (κ2) is 9.53. The van der Waals surface area contributed by atoms with Gasteiger partial charge >= 0.3 is 6.09 Å². The molecule has 4 amide bonds. The van der Waals surface area contributed by atoms with Crippen LogP contribution in [0.15, 0.2) is 25.3 Å². The molecule has 2 aliphatic carbocycles. The molecule has 200 valence electrons. The number of nitrogens with one attached hydrogen (secondary N) is 3. The van der Waals surface area contributed by atoms with E-state index in [1.54, 1.807) is 26.8 Å². The molecule has 0 radical (unpaired) electrons. The molecule has 0 aromatic carbocycles. The number of carbonyl (C=O) groups is 4. The van der Waals surface area contributed by atoms with Crippen LogP contribution >= 0.6 is 0 Å². The number of rotatable bonds is 9. The van der Waals surface area contributed by atoms with Gasteiger partial charge in [0.25, 0.3) is 5.91 Å². The van der Waals surface area contributed by atoms with Gasteiger partial charge in [0, 0.05) is 12.0 Å². The quantitative estimate of drug-likeness (QED) is 0.382. The molecule has 3 rings (SSSR count). The van der Waals surface area contributed by atoms with E-state index in [4.69, 9.17) is 4.74 Å². The lowest BCUT2D eigenvalue weighted by Crippen LogP contribution is -2.57. The summed E-state index contributed by atoms with van der Waals surface area (Å²) >= 11 is 0. The minimum atomic E-state index is -3.76. The molecule has 3 fully saturated rings. The van der Waals surface area contributed by atoms with E-state index in [1.165, 1.54) is 11.0 Å². The van der Waals surface area contributed by atoms with Crippen molar-refractivity contribution in [2.75, 3.05) is 6.54 Å². The lowest BCUT2D eigenvalue weighted by atomic mass is 9.88. The van der Waals surface area contributed by atoms with Crippen molar-refractivity contribution in [1.82, 2.24) is 20.3 Å². The van der Waals surface area contributed by atoms with Crippen molar-refractivity contribution in [2.24, 2.45) is 5.41 Å². The van der Waals surface area contributed by atoms with Crippen LogP contribution in [0.4, 0.5) is 4.79 Å². The normalized spacial score (nSPS) is 25.8. The molecule has 0 bridgehead atoms. The summed E-state index contributed by atoms with van der Waals surface area (Å²) in [6.07, 6.45) is 3.93. The van der Waals surface area contributed by atoms with Crippen molar-refractivity contribution in [3.63, 3.8) is 0 Å². The summed E-state index contributed by atoms with van der Waals surface area (Å²) in [5, 5.41) is 4.58. The van der Waals surface area contributed by atoms with E-state index in [0.29, 0.717) is 25.7 Å². The first-order valence-electron chi connectivity index (χ1n) is 12.0. The summed E-state index contributed by atoms with van der Waals surface area (Å²) in [6, 6.07) is -2.11. The molecule has 0 aromatic rings. The number of ether oxygens (including phenoxy) is 1. The molecule has 12 heteroatoms. The summed E-state index contributed by atoms with van der Waals surface area (Å²) in [5.74, 6) is -1.90. The van der Waals surface area contributed by atoms with Crippen molar-refractivity contribution in [2.45, 2.75) is 88.3 Å². The maximum absolute atomic E-state index is 13.4. The fraction of sp³-hybridized carbons (Fsp3) is 0.667. The number of carbonyl (C=O) groups excluding carboxylic acids is 4. The monoisotopic (exact) mass is 524 g/mol. The van der Waals surface area contributed by atoms with Crippen LogP contribution < -0.4 is 15.4 Å². The van der Waals surface area contributed by atoms with Crippen LogP contribution in [0, 0.1) is 5.41 Å². The number of nitrogens with zero attached hydrogens (tertiary/aromatic N) is 1. The molecule has 1 heterocycles. The molecular formula is C24H36N4O7S. The lowest BCUT2D eigenvalue weighted by molar-refractivity contribution is -0.140. The van der Waals surface area contributed by atoms with Gasteiger partial charge < -0.3 is 20.3 Å². The van der Waals surface area contributed by atoms with Gasteiger partial charge in [-0.2, -0.15) is 0 Å². The van der Waals surface area contributed by atoms with Gasteiger partial charge in [0.15, 0.2) is 0 Å². The zero-order valence-electron chi connectivity index (χ0n) is 21.3. The Hall–Kier alpha value is -2.89. The summed E-state index contributed by atoms with van der Waals surface area (Å²) < 4.78 is 31.7. The number of likely N-dealkylation sites (tertiary alicyclic amines) is 1. The third-order valence-electron chi connectivity index (χ3n) is 6.57. The highest BCUT2D eigenvalue weighted by Gasteiger charge is 2.55. The zero-order chi connectivity index (χ0) is 27.1. The SMILES string of the molecule is C=CC(NC(=O)OC(C)(C)C)C(=O)N1CC(C)(C=C)C[C@H]1C(=O)NC1(C(=O)NS(=O)(=O)C2CC2)CC1. The molecule has 2 saturated carbocycles. The van der Waals surface area contributed by atoms with Gasteiger partial charge in [-0.05, 0) is 52.9 Å². The Balaban J connectivity index is 1.74. The van der Waals surface area contributed by atoms with Gasteiger partial charge in [-0.15, -0.1) is 13.2 Å². The summed E-state index contributed by atoms with van der Waals surface area (Å²) in [7, 11) is -3.76. The van der Waals surface area contributed by atoms with E-state index in [2.05, 4.69) is 28.5 Å². The molecule has 3 atom stereocenters. The third kappa shape index (κ3) is 6.26. The standard InChI is InChI=1S/C24H36N4O7S/c1-7-16(25-21(32)35-22(3,4)5)19(30)28-14-23(6,8-2)13-17(28)18(29)26-24(11-12-24)20(31)27-36(33,34)15-9-10-15/h7-8,15-17H,1-2,9-14H2,3-6H3,(H,25,32)(H,26,29)(H,27,31)/t16?,17-,23?/m0/s1. The second-order valence-electron chi connectivity index (χ2n) is 11.2. The fourth-order valence-corrected chi connectivity index (χ4v) is 5.48. The zero-order valence-corrected chi connectivity index (χ0v) is 22.1. The predicted octanol–water partition coefficient (Wildman–Crippen LogP) is 1.12. The Labute approximate surface area is 212 Å². The van der Waals surface area contributed by atoms with Gasteiger partial charge in [0.2, 0.25) is 21.8 Å². The average Bonchev–Trinajstić information content (AvgIpc) is 3.68. The van der Waals surface area contributed by atoms with Crippen LogP contribution in [-0.2, 0) is 29.1 Å². The Kier molecular flexibility index (Phi) is 7.33. The van der Waals surface area contributed by atoms with Gasteiger partial charge in [-0.1, -0.05) is 19.1 Å².